The number of ether oxygens (including phenoxy) is 3. The third-order valence-electron chi connectivity index (χ3n) is 4.39. The second-order valence-corrected chi connectivity index (χ2v) is 6.95. The molecule has 0 atom stereocenters. The number of methoxy groups -OCH3 is 2. The summed E-state index contributed by atoms with van der Waals surface area (Å²) in [4.78, 5) is 20.2. The van der Waals surface area contributed by atoms with E-state index in [2.05, 4.69) is 27.2 Å². The van der Waals surface area contributed by atoms with Gasteiger partial charge in [0.2, 0.25) is 11.9 Å². The summed E-state index contributed by atoms with van der Waals surface area (Å²) in [5.74, 6) is 1.91. The fraction of sp³-hybridized carbons (Fsp3) is 0.174. The van der Waals surface area contributed by atoms with Crippen LogP contribution in [0.15, 0.2) is 61.4 Å². The Hall–Kier alpha value is -3.78. The van der Waals surface area contributed by atoms with E-state index >= 15 is 0 Å². The second kappa shape index (κ2) is 11.0. The SMILES string of the molecule is C=CC(=O)Nc1cccc(Cl)c1Nc1ncc(OCCc2cc(OC)cc(OC)c2)cn1. The van der Waals surface area contributed by atoms with Gasteiger partial charge in [0.05, 0.1) is 49.6 Å². The average Bonchev–Trinajstić information content (AvgIpc) is 2.81. The summed E-state index contributed by atoms with van der Waals surface area (Å²) in [7, 11) is 3.22. The van der Waals surface area contributed by atoms with Gasteiger partial charge in [-0.05, 0) is 35.9 Å². The maximum absolute atomic E-state index is 11.7. The van der Waals surface area contributed by atoms with Gasteiger partial charge in [-0.2, -0.15) is 0 Å². The molecule has 0 aliphatic rings. The Kier molecular flexibility index (Phi) is 7.88. The predicted octanol–water partition coefficient (Wildman–Crippen LogP) is 4.64. The molecule has 0 spiro atoms. The maximum atomic E-state index is 11.7. The van der Waals surface area contributed by atoms with Crippen molar-refractivity contribution in [1.29, 1.82) is 0 Å². The van der Waals surface area contributed by atoms with E-state index in [1.807, 2.05) is 18.2 Å². The Labute approximate surface area is 191 Å². The zero-order chi connectivity index (χ0) is 22.9. The van der Waals surface area contributed by atoms with Crippen LogP contribution >= 0.6 is 11.6 Å². The van der Waals surface area contributed by atoms with Gasteiger partial charge < -0.3 is 24.8 Å². The Morgan fingerprint density at radius 2 is 1.78 bits per heavy atom. The topological polar surface area (TPSA) is 94.6 Å². The lowest BCUT2D eigenvalue weighted by Gasteiger charge is -2.13. The Bertz CT molecular complexity index is 1070. The van der Waals surface area contributed by atoms with Crippen LogP contribution in [0.4, 0.5) is 17.3 Å². The molecule has 1 aromatic heterocycles. The van der Waals surface area contributed by atoms with E-state index in [-0.39, 0.29) is 5.91 Å². The van der Waals surface area contributed by atoms with E-state index in [4.69, 9.17) is 25.8 Å². The Morgan fingerprint density at radius 3 is 2.41 bits per heavy atom. The zero-order valence-corrected chi connectivity index (χ0v) is 18.5. The molecule has 0 bridgehead atoms. The summed E-state index contributed by atoms with van der Waals surface area (Å²) >= 11 is 6.27. The van der Waals surface area contributed by atoms with Crippen molar-refractivity contribution in [3.05, 3.63) is 72.0 Å². The number of benzene rings is 2. The number of nitrogens with zero attached hydrogens (tertiary/aromatic N) is 2. The first-order valence-corrected chi connectivity index (χ1v) is 10.1. The molecular weight excluding hydrogens is 432 g/mol. The molecule has 0 aliphatic heterocycles. The number of nitrogens with one attached hydrogen (secondary N) is 2. The molecule has 1 amide bonds. The van der Waals surface area contributed by atoms with Gasteiger partial charge >= 0.3 is 0 Å². The van der Waals surface area contributed by atoms with Gasteiger partial charge in [-0.15, -0.1) is 0 Å². The van der Waals surface area contributed by atoms with E-state index in [0.717, 1.165) is 17.1 Å². The van der Waals surface area contributed by atoms with Crippen LogP contribution in [0.5, 0.6) is 17.2 Å². The normalized spacial score (nSPS) is 10.2. The van der Waals surface area contributed by atoms with Crippen molar-refractivity contribution >= 4 is 34.8 Å². The van der Waals surface area contributed by atoms with E-state index in [0.29, 0.717) is 41.1 Å². The van der Waals surface area contributed by atoms with Crippen molar-refractivity contribution < 1.29 is 19.0 Å². The van der Waals surface area contributed by atoms with Crippen LogP contribution in [0.25, 0.3) is 0 Å². The lowest BCUT2D eigenvalue weighted by molar-refractivity contribution is -0.111. The number of carbonyl (C=O) groups excluding carboxylic acids is 1. The minimum atomic E-state index is -0.353. The third kappa shape index (κ3) is 6.12. The van der Waals surface area contributed by atoms with Gasteiger partial charge in [0.25, 0.3) is 0 Å². The van der Waals surface area contributed by atoms with Crippen molar-refractivity contribution in [1.82, 2.24) is 9.97 Å². The molecule has 1 heterocycles. The molecule has 9 heteroatoms. The predicted molar refractivity (Wildman–Crippen MR) is 124 cm³/mol. The number of halogens is 1. The Balaban J connectivity index is 1.62. The average molecular weight is 455 g/mol. The smallest absolute Gasteiger partial charge is 0.247 e. The van der Waals surface area contributed by atoms with Gasteiger partial charge in [0.15, 0.2) is 5.75 Å². The number of rotatable bonds is 10. The number of aromatic nitrogens is 2. The summed E-state index contributed by atoms with van der Waals surface area (Å²) in [5, 5.41) is 6.12. The van der Waals surface area contributed by atoms with Gasteiger partial charge in [-0.25, -0.2) is 9.97 Å². The molecule has 0 unspecified atom stereocenters. The molecule has 3 rings (SSSR count). The molecular formula is C23H23ClN4O4. The van der Waals surface area contributed by atoms with Crippen LogP contribution in [0.1, 0.15) is 5.56 Å². The highest BCUT2D eigenvalue weighted by molar-refractivity contribution is 6.34. The van der Waals surface area contributed by atoms with E-state index in [1.165, 1.54) is 6.08 Å². The van der Waals surface area contributed by atoms with Gasteiger partial charge in [-0.1, -0.05) is 24.2 Å². The lowest BCUT2D eigenvalue weighted by Crippen LogP contribution is -2.10. The van der Waals surface area contributed by atoms with E-state index in [9.17, 15) is 4.79 Å². The molecule has 0 saturated carbocycles. The number of anilines is 3. The maximum Gasteiger partial charge on any atom is 0.247 e. The largest absolute Gasteiger partial charge is 0.497 e. The number of amides is 1. The quantitative estimate of drug-likeness (QED) is 0.431. The second-order valence-electron chi connectivity index (χ2n) is 6.54. The number of hydrogen-bond donors (Lipinski definition) is 2. The van der Waals surface area contributed by atoms with Crippen molar-refractivity contribution in [2.24, 2.45) is 0 Å². The standard InChI is InChI=1S/C23H23ClN4O4/c1-4-21(29)27-20-7-5-6-19(24)22(20)28-23-25-13-18(14-26-23)32-9-8-15-10-16(30-2)12-17(11-15)31-3/h4-7,10-14H,1,8-9H2,2-3H3,(H,27,29)(H,25,26,28). The van der Waals surface area contributed by atoms with Gasteiger partial charge in [-0.3, -0.25) is 4.79 Å². The van der Waals surface area contributed by atoms with Crippen LogP contribution < -0.4 is 24.8 Å². The molecule has 32 heavy (non-hydrogen) atoms. The summed E-state index contributed by atoms with van der Waals surface area (Å²) in [5.41, 5.74) is 1.98. The molecule has 3 aromatic rings. The van der Waals surface area contributed by atoms with Crippen LogP contribution in [-0.4, -0.2) is 36.7 Å². The summed E-state index contributed by atoms with van der Waals surface area (Å²) in [6, 6.07) is 10.8. The van der Waals surface area contributed by atoms with Crippen molar-refractivity contribution in [3.8, 4) is 17.2 Å². The molecule has 0 saturated heterocycles. The lowest BCUT2D eigenvalue weighted by atomic mass is 10.1. The third-order valence-corrected chi connectivity index (χ3v) is 4.71. The minimum Gasteiger partial charge on any atom is -0.497 e. The molecule has 2 N–H and O–H groups in total. The summed E-state index contributed by atoms with van der Waals surface area (Å²) in [6.45, 7) is 3.87. The van der Waals surface area contributed by atoms with Crippen LogP contribution in [0.2, 0.25) is 5.02 Å². The highest BCUT2D eigenvalue weighted by atomic mass is 35.5. The first-order valence-electron chi connectivity index (χ1n) is 9.68. The van der Waals surface area contributed by atoms with Crippen LogP contribution in [-0.2, 0) is 11.2 Å². The minimum absolute atomic E-state index is 0.303. The fourth-order valence-corrected chi connectivity index (χ4v) is 3.03. The zero-order valence-electron chi connectivity index (χ0n) is 17.7. The highest BCUT2D eigenvalue weighted by Gasteiger charge is 2.11. The summed E-state index contributed by atoms with van der Waals surface area (Å²) in [6.07, 6.45) is 4.94. The van der Waals surface area contributed by atoms with Gasteiger partial charge in [0.1, 0.15) is 11.5 Å². The van der Waals surface area contributed by atoms with Crippen LogP contribution in [0, 0.1) is 0 Å². The Morgan fingerprint density at radius 1 is 1.09 bits per heavy atom. The monoisotopic (exact) mass is 454 g/mol. The highest BCUT2D eigenvalue weighted by Crippen LogP contribution is 2.32. The number of carbonyl (C=O) groups is 1. The molecule has 8 nitrogen and oxygen atoms in total. The fourth-order valence-electron chi connectivity index (χ4n) is 2.80. The molecule has 0 aliphatic carbocycles. The van der Waals surface area contributed by atoms with E-state index < -0.39 is 0 Å². The van der Waals surface area contributed by atoms with E-state index in [1.54, 1.807) is 44.8 Å². The van der Waals surface area contributed by atoms with Crippen molar-refractivity contribution in [3.63, 3.8) is 0 Å². The molecule has 0 fully saturated rings. The summed E-state index contributed by atoms with van der Waals surface area (Å²) < 4.78 is 16.3. The first kappa shape index (κ1) is 22.9. The van der Waals surface area contributed by atoms with Crippen LogP contribution in [0.3, 0.4) is 0 Å². The molecule has 0 radical (unpaired) electrons. The number of hydrogen-bond acceptors (Lipinski definition) is 7. The van der Waals surface area contributed by atoms with Crippen molar-refractivity contribution in [2.45, 2.75) is 6.42 Å². The van der Waals surface area contributed by atoms with Gasteiger partial charge in [0, 0.05) is 12.5 Å². The first-order chi connectivity index (χ1) is 15.5. The molecule has 166 valence electrons. The molecule has 2 aromatic carbocycles. The number of para-hydroxylation sites is 1. The van der Waals surface area contributed by atoms with Crippen molar-refractivity contribution in [2.75, 3.05) is 31.5 Å².